The molecule has 8 atom stereocenters. The first-order valence-corrected chi connectivity index (χ1v) is 18.7. The molecule has 0 amide bonds. The smallest absolute Gasteiger partial charge is 0.0679 e. The molecule has 3 saturated carbocycles. The molecule has 2 nitrogen and oxygen atoms in total. The van der Waals surface area contributed by atoms with E-state index < -0.39 is 6.04 Å². The van der Waals surface area contributed by atoms with Gasteiger partial charge in [-0.3, -0.25) is 0 Å². The van der Waals surface area contributed by atoms with Crippen molar-refractivity contribution in [3.8, 4) is 0 Å². The molecule has 2 heterocycles. The lowest BCUT2D eigenvalue weighted by molar-refractivity contribution is -0.0987. The standard InChI is InChI=1S/C30H53O2PS/c34-33-28-22-16-8-3-1-2-6-12-18-24(28)31-26-20-14-10-11-15-21-27(30(26)33)32-25-19-13-7-4-5-9-17-23-29(25)33/h24-30H,1-23H2. The summed E-state index contributed by atoms with van der Waals surface area (Å²) in [5, 5.41) is 0. The molecular weight excluding hydrogens is 455 g/mol. The summed E-state index contributed by atoms with van der Waals surface area (Å²) >= 11 is 7.28. The second-order valence-corrected chi connectivity index (χ2v) is 17.9. The molecule has 2 saturated heterocycles. The molecule has 0 aromatic rings. The first-order valence-electron chi connectivity index (χ1n) is 15.7. The van der Waals surface area contributed by atoms with Crippen molar-refractivity contribution in [1.29, 1.82) is 0 Å². The van der Waals surface area contributed by atoms with Gasteiger partial charge in [0.2, 0.25) is 0 Å². The van der Waals surface area contributed by atoms with Crippen molar-refractivity contribution in [2.75, 3.05) is 0 Å². The highest BCUT2D eigenvalue weighted by Gasteiger charge is 2.59. The molecule has 4 heteroatoms. The summed E-state index contributed by atoms with van der Waals surface area (Å²) in [5.74, 6) is 0. The molecule has 5 aliphatic rings. The molecule has 0 bridgehead atoms. The molecule has 5 fully saturated rings. The summed E-state index contributed by atoms with van der Waals surface area (Å²) in [5.41, 5.74) is 1.94. The van der Waals surface area contributed by atoms with E-state index in [0.29, 0.717) is 41.4 Å². The van der Waals surface area contributed by atoms with Gasteiger partial charge in [0.1, 0.15) is 0 Å². The molecule has 196 valence electrons. The third kappa shape index (κ3) is 5.84. The summed E-state index contributed by atoms with van der Waals surface area (Å²) in [7, 11) is 0. The van der Waals surface area contributed by atoms with E-state index in [2.05, 4.69) is 0 Å². The van der Waals surface area contributed by atoms with Gasteiger partial charge in [-0.15, -0.1) is 0 Å². The van der Waals surface area contributed by atoms with E-state index in [1.807, 2.05) is 0 Å². The van der Waals surface area contributed by atoms with Crippen LogP contribution in [0.2, 0.25) is 0 Å². The number of hydrogen-bond acceptors (Lipinski definition) is 3. The van der Waals surface area contributed by atoms with Crippen LogP contribution in [0.3, 0.4) is 0 Å². The van der Waals surface area contributed by atoms with E-state index in [1.54, 1.807) is 0 Å². The van der Waals surface area contributed by atoms with Crippen LogP contribution in [0.4, 0.5) is 0 Å². The van der Waals surface area contributed by atoms with Gasteiger partial charge in [-0.2, -0.15) is 0 Å². The number of fused-ring (bicyclic) bond motifs is 4. The number of rotatable bonds is 0. The van der Waals surface area contributed by atoms with Crippen LogP contribution < -0.4 is 0 Å². The molecule has 0 N–H and O–H groups in total. The predicted molar refractivity (Wildman–Crippen MR) is 149 cm³/mol. The van der Waals surface area contributed by atoms with Crippen LogP contribution in [0.15, 0.2) is 0 Å². The fourth-order valence-corrected chi connectivity index (χ4v) is 16.3. The average molecular weight is 509 g/mol. The Bertz CT molecular complexity index is 668. The fraction of sp³-hybridized carbons (Fsp3) is 1.00. The average Bonchev–Trinajstić information content (AvgIpc) is 2.89. The van der Waals surface area contributed by atoms with E-state index in [-0.39, 0.29) is 0 Å². The van der Waals surface area contributed by atoms with Gasteiger partial charge < -0.3 is 9.47 Å². The quantitative estimate of drug-likeness (QED) is 0.304. The van der Waals surface area contributed by atoms with Crippen molar-refractivity contribution in [2.45, 2.75) is 189 Å². The van der Waals surface area contributed by atoms with Gasteiger partial charge in [0, 0.05) is 17.0 Å². The molecule has 2 aliphatic heterocycles. The van der Waals surface area contributed by atoms with Crippen molar-refractivity contribution in [2.24, 2.45) is 0 Å². The maximum atomic E-state index is 7.28. The zero-order valence-electron chi connectivity index (χ0n) is 22.0. The van der Waals surface area contributed by atoms with Crippen molar-refractivity contribution in [3.05, 3.63) is 0 Å². The Balaban J connectivity index is 1.52. The second kappa shape index (κ2) is 12.9. The fourth-order valence-electron chi connectivity index (χ4n) is 8.57. The Labute approximate surface area is 216 Å². The van der Waals surface area contributed by atoms with Gasteiger partial charge in [0.15, 0.2) is 0 Å². The molecule has 5 rings (SSSR count). The highest BCUT2D eigenvalue weighted by atomic mass is 32.4. The van der Waals surface area contributed by atoms with E-state index >= 15 is 0 Å². The van der Waals surface area contributed by atoms with E-state index in [9.17, 15) is 0 Å². The van der Waals surface area contributed by atoms with E-state index in [0.717, 1.165) is 0 Å². The van der Waals surface area contributed by atoms with Crippen LogP contribution >= 0.6 is 6.04 Å². The zero-order chi connectivity index (χ0) is 23.2. The monoisotopic (exact) mass is 508 g/mol. The Hall–Kier alpha value is 0.570. The summed E-state index contributed by atoms with van der Waals surface area (Å²) in [6.07, 6.45) is 33.3. The van der Waals surface area contributed by atoms with Gasteiger partial charge >= 0.3 is 0 Å². The Morgan fingerprint density at radius 1 is 0.382 bits per heavy atom. The molecule has 0 aromatic heterocycles. The van der Waals surface area contributed by atoms with Crippen molar-refractivity contribution in [3.63, 3.8) is 0 Å². The zero-order valence-corrected chi connectivity index (χ0v) is 23.7. The summed E-state index contributed by atoms with van der Waals surface area (Å²) in [6.45, 7) is 0. The first kappa shape index (κ1) is 26.2. The minimum Gasteiger partial charge on any atom is -0.374 e. The summed E-state index contributed by atoms with van der Waals surface area (Å²) in [6, 6.07) is -1.62. The van der Waals surface area contributed by atoms with E-state index in [4.69, 9.17) is 21.3 Å². The van der Waals surface area contributed by atoms with Crippen LogP contribution in [0.25, 0.3) is 0 Å². The highest BCUT2D eigenvalue weighted by Crippen LogP contribution is 2.72. The lowest BCUT2D eigenvalue weighted by atomic mass is 9.96. The van der Waals surface area contributed by atoms with Crippen molar-refractivity contribution in [1.82, 2.24) is 0 Å². The summed E-state index contributed by atoms with van der Waals surface area (Å²) < 4.78 is 14.4. The lowest BCUT2D eigenvalue weighted by Gasteiger charge is -2.60. The molecular formula is C30H53O2PS. The maximum absolute atomic E-state index is 7.28. The minimum atomic E-state index is -1.62. The van der Waals surface area contributed by atoms with Gasteiger partial charge in [-0.1, -0.05) is 121 Å². The van der Waals surface area contributed by atoms with Gasteiger partial charge in [-0.05, 0) is 44.6 Å². The molecule has 0 radical (unpaired) electrons. The first-order chi connectivity index (χ1) is 16.8. The molecule has 3 aliphatic carbocycles. The van der Waals surface area contributed by atoms with Crippen LogP contribution in [-0.4, -0.2) is 41.4 Å². The number of hydrogen-bond donors (Lipinski definition) is 0. The topological polar surface area (TPSA) is 18.5 Å². The van der Waals surface area contributed by atoms with Crippen LogP contribution in [-0.2, 0) is 21.3 Å². The normalized spacial score (nSPS) is 45.6. The third-order valence-corrected chi connectivity index (χ3v) is 17.5. The Morgan fingerprint density at radius 2 is 0.676 bits per heavy atom. The highest BCUT2D eigenvalue weighted by molar-refractivity contribution is 8.15. The van der Waals surface area contributed by atoms with Crippen molar-refractivity contribution >= 4 is 17.8 Å². The molecule has 8 unspecified atom stereocenters. The number of ether oxygens (including phenoxy) is 2. The maximum Gasteiger partial charge on any atom is 0.0679 e. The van der Waals surface area contributed by atoms with Crippen LogP contribution in [0.1, 0.15) is 148 Å². The second-order valence-electron chi connectivity index (χ2n) is 12.6. The SMILES string of the molecule is S=P12C3CCCCCCCCCC3OC3CCCCCCC(OC4CCCCCCCCC41)C32. The molecule has 0 aromatic carbocycles. The van der Waals surface area contributed by atoms with Gasteiger partial charge in [-0.25, -0.2) is 0 Å². The van der Waals surface area contributed by atoms with Gasteiger partial charge in [0.05, 0.1) is 24.4 Å². The molecule has 34 heavy (non-hydrogen) atoms. The summed E-state index contributed by atoms with van der Waals surface area (Å²) in [4.78, 5) is 0. The minimum absolute atomic E-state index is 0.400. The largest absolute Gasteiger partial charge is 0.374 e. The molecule has 0 spiro atoms. The van der Waals surface area contributed by atoms with E-state index in [1.165, 1.54) is 148 Å². The van der Waals surface area contributed by atoms with Crippen LogP contribution in [0.5, 0.6) is 0 Å². The van der Waals surface area contributed by atoms with Crippen molar-refractivity contribution < 1.29 is 9.47 Å². The Kier molecular flexibility index (Phi) is 9.93. The van der Waals surface area contributed by atoms with Crippen LogP contribution in [0, 0.1) is 0 Å². The lowest BCUT2D eigenvalue weighted by Crippen LogP contribution is -2.59. The third-order valence-electron chi connectivity index (χ3n) is 10.3. The predicted octanol–water partition coefficient (Wildman–Crippen LogP) is 9.12. The van der Waals surface area contributed by atoms with Gasteiger partial charge in [0.25, 0.3) is 0 Å². The Morgan fingerprint density at radius 3 is 1.06 bits per heavy atom.